The van der Waals surface area contributed by atoms with Gasteiger partial charge in [-0.05, 0) is 17.5 Å². The van der Waals surface area contributed by atoms with Crippen LogP contribution in [0.3, 0.4) is 0 Å². The van der Waals surface area contributed by atoms with Gasteiger partial charge < -0.3 is 30.7 Å². The van der Waals surface area contributed by atoms with Gasteiger partial charge in [0.2, 0.25) is 11.8 Å². The fraction of sp³-hybridized carbons (Fsp3) is 0.318. The fourth-order valence-electron chi connectivity index (χ4n) is 3.79. The Morgan fingerprint density at radius 2 is 1.72 bits per heavy atom. The Hall–Kier alpha value is -3.79. The predicted molar refractivity (Wildman–Crippen MR) is 115 cm³/mol. The van der Waals surface area contributed by atoms with Gasteiger partial charge in [0.25, 0.3) is 0 Å². The molecule has 2 amide bonds. The molecule has 0 radical (unpaired) electrons. The summed E-state index contributed by atoms with van der Waals surface area (Å²) in [5, 5.41) is 8.79. The molecule has 3 aromatic rings. The van der Waals surface area contributed by atoms with Crippen molar-refractivity contribution >= 4 is 18.1 Å². The maximum Gasteiger partial charge on any atom is 0.243 e. The van der Waals surface area contributed by atoms with Crippen molar-refractivity contribution in [2.45, 2.75) is 43.9 Å². The number of imidazole rings is 2. The van der Waals surface area contributed by atoms with Crippen molar-refractivity contribution in [3.05, 3.63) is 71.8 Å². The second kappa shape index (κ2) is 10.0. The minimum Gasteiger partial charge on any atom is -0.348 e. The molecule has 10 heteroatoms. The van der Waals surface area contributed by atoms with Crippen LogP contribution in [0.2, 0.25) is 0 Å². The van der Waals surface area contributed by atoms with E-state index in [0.29, 0.717) is 24.9 Å². The highest BCUT2D eigenvalue weighted by atomic mass is 16.2. The van der Waals surface area contributed by atoms with Gasteiger partial charge in [0.15, 0.2) is 0 Å². The average molecular weight is 435 g/mol. The first kappa shape index (κ1) is 21.4. The van der Waals surface area contributed by atoms with E-state index in [1.807, 2.05) is 24.3 Å². The second-order valence-corrected chi connectivity index (χ2v) is 7.78. The molecule has 1 aliphatic rings. The lowest BCUT2D eigenvalue weighted by atomic mass is 9.95. The van der Waals surface area contributed by atoms with Gasteiger partial charge in [-0.1, -0.05) is 24.3 Å². The highest BCUT2D eigenvalue weighted by Gasteiger charge is 2.29. The zero-order valence-electron chi connectivity index (χ0n) is 17.4. The summed E-state index contributed by atoms with van der Waals surface area (Å²) in [6, 6.07) is 5.90. The summed E-state index contributed by atoms with van der Waals surface area (Å²) in [6.45, 7) is 0.586. The molecule has 3 heterocycles. The van der Waals surface area contributed by atoms with Crippen molar-refractivity contribution in [1.29, 1.82) is 0 Å². The van der Waals surface area contributed by atoms with Gasteiger partial charge in [-0.25, -0.2) is 9.97 Å². The SMILES string of the molecule is O=C[C@H](Cc1cnc[nH]1)NC(=O)[C@H](Cc1cnc[nH]1)NC(=O)[C@@H]1Cc2ccccc2CN1. The molecule has 1 aliphatic heterocycles. The molecule has 1 aromatic carbocycles. The number of hydrogen-bond donors (Lipinski definition) is 5. The van der Waals surface area contributed by atoms with Crippen LogP contribution in [-0.2, 0) is 40.2 Å². The van der Waals surface area contributed by atoms with E-state index in [9.17, 15) is 14.4 Å². The summed E-state index contributed by atoms with van der Waals surface area (Å²) < 4.78 is 0. The van der Waals surface area contributed by atoms with Crippen molar-refractivity contribution in [1.82, 2.24) is 35.9 Å². The van der Waals surface area contributed by atoms with Gasteiger partial charge in [0, 0.05) is 43.2 Å². The van der Waals surface area contributed by atoms with Crippen LogP contribution in [0.25, 0.3) is 0 Å². The van der Waals surface area contributed by atoms with Gasteiger partial charge in [-0.2, -0.15) is 0 Å². The van der Waals surface area contributed by atoms with E-state index in [0.717, 1.165) is 16.8 Å². The van der Waals surface area contributed by atoms with Crippen LogP contribution in [-0.4, -0.2) is 56.2 Å². The number of benzene rings is 1. The normalized spacial score (nSPS) is 17.1. The maximum atomic E-state index is 13.0. The largest absolute Gasteiger partial charge is 0.348 e. The Balaban J connectivity index is 1.43. The molecule has 32 heavy (non-hydrogen) atoms. The van der Waals surface area contributed by atoms with E-state index >= 15 is 0 Å². The monoisotopic (exact) mass is 435 g/mol. The first-order valence-electron chi connectivity index (χ1n) is 10.4. The predicted octanol–water partition coefficient (Wildman–Crippen LogP) is -0.199. The molecule has 5 N–H and O–H groups in total. The average Bonchev–Trinajstić information content (AvgIpc) is 3.52. The smallest absolute Gasteiger partial charge is 0.243 e. The topological polar surface area (TPSA) is 145 Å². The van der Waals surface area contributed by atoms with Crippen LogP contribution in [0.4, 0.5) is 0 Å². The zero-order valence-corrected chi connectivity index (χ0v) is 17.4. The van der Waals surface area contributed by atoms with Crippen LogP contribution in [0.1, 0.15) is 22.5 Å². The molecule has 166 valence electrons. The molecule has 0 aliphatic carbocycles. The third kappa shape index (κ3) is 5.27. The van der Waals surface area contributed by atoms with E-state index < -0.39 is 24.0 Å². The molecule has 0 spiro atoms. The quantitative estimate of drug-likeness (QED) is 0.295. The number of aromatic amines is 2. The molecule has 0 fully saturated rings. The number of hydrogen-bond acceptors (Lipinski definition) is 6. The first-order valence-corrected chi connectivity index (χ1v) is 10.4. The number of H-pyrrole nitrogens is 2. The standard InChI is InChI=1S/C22H25N7O3/c30-11-18(6-16-9-23-12-26-16)28-22(32)20(7-17-10-24-13-27-17)29-21(31)19-5-14-3-1-2-4-15(14)8-25-19/h1-4,9-13,18-20,25H,5-8H2,(H,23,26)(H,24,27)(H,28,32)(H,29,31)/t18-,19-,20-/m0/s1. The molecule has 0 saturated heterocycles. The summed E-state index contributed by atoms with van der Waals surface area (Å²) in [7, 11) is 0. The van der Waals surface area contributed by atoms with Gasteiger partial charge in [0.05, 0.1) is 24.7 Å². The Morgan fingerprint density at radius 3 is 2.38 bits per heavy atom. The van der Waals surface area contributed by atoms with Crippen molar-refractivity contribution in [2.75, 3.05) is 0 Å². The van der Waals surface area contributed by atoms with Gasteiger partial charge >= 0.3 is 0 Å². The number of carbonyl (C=O) groups is 3. The summed E-state index contributed by atoms with van der Waals surface area (Å²) in [5.41, 5.74) is 3.70. The molecular formula is C22H25N7O3. The maximum absolute atomic E-state index is 13.0. The van der Waals surface area contributed by atoms with E-state index in [2.05, 4.69) is 35.9 Å². The highest BCUT2D eigenvalue weighted by Crippen LogP contribution is 2.16. The van der Waals surface area contributed by atoms with Crippen LogP contribution >= 0.6 is 0 Å². The summed E-state index contributed by atoms with van der Waals surface area (Å²) >= 11 is 0. The Kier molecular flexibility index (Phi) is 6.71. The third-order valence-corrected chi connectivity index (χ3v) is 5.50. The lowest BCUT2D eigenvalue weighted by Gasteiger charge is -2.27. The van der Waals surface area contributed by atoms with Gasteiger partial charge in [0.1, 0.15) is 12.3 Å². The summed E-state index contributed by atoms with van der Waals surface area (Å²) in [6.07, 6.45) is 7.93. The first-order chi connectivity index (χ1) is 15.6. The lowest BCUT2D eigenvalue weighted by Crippen LogP contribution is -2.56. The van der Waals surface area contributed by atoms with E-state index in [1.54, 1.807) is 12.4 Å². The third-order valence-electron chi connectivity index (χ3n) is 5.50. The Bertz CT molecular complexity index is 1050. The number of rotatable bonds is 9. The molecule has 0 unspecified atom stereocenters. The minimum atomic E-state index is -0.869. The fourth-order valence-corrected chi connectivity index (χ4v) is 3.79. The number of carbonyl (C=O) groups excluding carboxylic acids is 3. The molecular weight excluding hydrogens is 410 g/mol. The summed E-state index contributed by atoms with van der Waals surface area (Å²) in [5.74, 6) is -0.712. The lowest BCUT2D eigenvalue weighted by molar-refractivity contribution is -0.131. The number of aldehydes is 1. The second-order valence-electron chi connectivity index (χ2n) is 7.78. The van der Waals surface area contributed by atoms with Crippen molar-refractivity contribution < 1.29 is 14.4 Å². The van der Waals surface area contributed by atoms with Crippen molar-refractivity contribution in [3.63, 3.8) is 0 Å². The molecule has 0 saturated carbocycles. The number of aromatic nitrogens is 4. The molecule has 0 bridgehead atoms. The van der Waals surface area contributed by atoms with Crippen LogP contribution in [0.5, 0.6) is 0 Å². The van der Waals surface area contributed by atoms with Crippen molar-refractivity contribution in [3.8, 4) is 0 Å². The number of nitrogens with zero attached hydrogens (tertiary/aromatic N) is 2. The van der Waals surface area contributed by atoms with E-state index in [1.165, 1.54) is 12.7 Å². The minimum absolute atomic E-state index is 0.219. The molecule has 4 rings (SSSR count). The summed E-state index contributed by atoms with van der Waals surface area (Å²) in [4.78, 5) is 51.3. The van der Waals surface area contributed by atoms with Crippen LogP contribution in [0, 0.1) is 0 Å². The highest BCUT2D eigenvalue weighted by molar-refractivity contribution is 5.91. The molecule has 3 atom stereocenters. The van der Waals surface area contributed by atoms with Gasteiger partial charge in [-0.3, -0.25) is 9.59 Å². The Labute approximate surface area is 184 Å². The van der Waals surface area contributed by atoms with Crippen LogP contribution in [0.15, 0.2) is 49.3 Å². The molecule has 10 nitrogen and oxygen atoms in total. The van der Waals surface area contributed by atoms with E-state index in [-0.39, 0.29) is 18.7 Å². The number of fused-ring (bicyclic) bond motifs is 1. The zero-order chi connectivity index (χ0) is 22.3. The van der Waals surface area contributed by atoms with Crippen LogP contribution < -0.4 is 16.0 Å². The number of amides is 2. The Morgan fingerprint density at radius 1 is 1.03 bits per heavy atom. The van der Waals surface area contributed by atoms with E-state index in [4.69, 9.17) is 0 Å². The van der Waals surface area contributed by atoms with Crippen molar-refractivity contribution in [2.24, 2.45) is 0 Å². The van der Waals surface area contributed by atoms with Gasteiger partial charge in [-0.15, -0.1) is 0 Å². The molecule has 2 aromatic heterocycles. The number of nitrogens with one attached hydrogen (secondary N) is 5.